The van der Waals surface area contributed by atoms with Crippen molar-refractivity contribution in [3.8, 4) is 0 Å². The molecule has 36 heavy (non-hydrogen) atoms. The molecule has 0 aliphatic heterocycles. The quantitative estimate of drug-likeness (QED) is 0.183. The number of amides is 1. The van der Waals surface area contributed by atoms with Gasteiger partial charge in [0, 0.05) is 25.1 Å². The highest BCUT2D eigenvalue weighted by Crippen LogP contribution is 2.20. The van der Waals surface area contributed by atoms with Gasteiger partial charge in [0.25, 0.3) is 5.56 Å². The highest BCUT2D eigenvalue weighted by Gasteiger charge is 2.15. The monoisotopic (exact) mass is 503 g/mol. The number of nitrogens with zero attached hydrogens (tertiary/aromatic N) is 2. The van der Waals surface area contributed by atoms with E-state index in [2.05, 4.69) is 10.3 Å². The number of para-hydroxylation sites is 1. The molecule has 0 aliphatic rings. The lowest BCUT2D eigenvalue weighted by Crippen LogP contribution is -2.27. The molecule has 0 radical (unpaired) electrons. The Bertz CT molecular complexity index is 1410. The maximum absolute atomic E-state index is 13.2. The van der Waals surface area contributed by atoms with Gasteiger partial charge in [0.2, 0.25) is 5.91 Å². The van der Waals surface area contributed by atoms with Crippen molar-refractivity contribution in [2.75, 3.05) is 12.3 Å². The average molecular weight is 504 g/mol. The zero-order valence-corrected chi connectivity index (χ0v) is 20.5. The van der Waals surface area contributed by atoms with Crippen molar-refractivity contribution in [3.05, 3.63) is 106 Å². The van der Waals surface area contributed by atoms with E-state index in [1.165, 1.54) is 28.8 Å². The standard InChI is InChI=1S/C28H26FN3O3S/c29-22-14-12-21(13-15-22)25(33)19-36-28-31-24-10-5-4-9-23(24)27(35)32(28)18-6-11-26(34)30-17-16-20-7-2-1-3-8-20/h1-5,7-10,12-15H,6,11,16-19H2,(H,30,34). The molecular weight excluding hydrogens is 477 g/mol. The number of hydrogen-bond acceptors (Lipinski definition) is 5. The molecule has 1 N–H and O–H groups in total. The second-order valence-electron chi connectivity index (χ2n) is 8.28. The molecule has 3 aromatic carbocycles. The van der Waals surface area contributed by atoms with Crippen LogP contribution in [0.15, 0.2) is 88.8 Å². The van der Waals surface area contributed by atoms with Crippen molar-refractivity contribution in [1.82, 2.24) is 14.9 Å². The van der Waals surface area contributed by atoms with E-state index in [0.717, 1.165) is 23.7 Å². The number of hydrogen-bond donors (Lipinski definition) is 1. The van der Waals surface area contributed by atoms with Gasteiger partial charge in [0.1, 0.15) is 5.82 Å². The molecule has 4 rings (SSSR count). The number of Topliss-reactive ketones (excluding diaryl/α,β-unsaturated/α-hetero) is 1. The van der Waals surface area contributed by atoms with Crippen molar-refractivity contribution in [1.29, 1.82) is 0 Å². The Morgan fingerprint density at radius 2 is 1.67 bits per heavy atom. The minimum absolute atomic E-state index is 0.0520. The third-order valence-corrected chi connectivity index (χ3v) is 6.67. The number of benzene rings is 3. The van der Waals surface area contributed by atoms with E-state index < -0.39 is 5.82 Å². The Kier molecular flexibility index (Phi) is 8.62. The zero-order chi connectivity index (χ0) is 25.3. The summed E-state index contributed by atoms with van der Waals surface area (Å²) in [5, 5.41) is 3.82. The third kappa shape index (κ3) is 6.66. The second-order valence-corrected chi connectivity index (χ2v) is 9.22. The van der Waals surface area contributed by atoms with Gasteiger partial charge in [-0.15, -0.1) is 0 Å². The van der Waals surface area contributed by atoms with Gasteiger partial charge in [-0.05, 0) is 54.8 Å². The molecule has 0 fully saturated rings. The van der Waals surface area contributed by atoms with Crippen LogP contribution in [-0.2, 0) is 17.8 Å². The van der Waals surface area contributed by atoms with Crippen LogP contribution in [0.5, 0.6) is 0 Å². The summed E-state index contributed by atoms with van der Waals surface area (Å²) in [5.41, 5.74) is 1.89. The molecule has 8 heteroatoms. The topological polar surface area (TPSA) is 81.1 Å². The number of rotatable bonds is 11. The number of carbonyl (C=O) groups excluding carboxylic acids is 2. The van der Waals surface area contributed by atoms with Gasteiger partial charge in [-0.25, -0.2) is 9.37 Å². The third-order valence-electron chi connectivity index (χ3n) is 5.69. The molecule has 0 saturated carbocycles. The van der Waals surface area contributed by atoms with Crippen molar-refractivity contribution in [2.24, 2.45) is 0 Å². The SMILES string of the molecule is O=C(CCCn1c(SCC(=O)c2ccc(F)cc2)nc2ccccc2c1=O)NCCc1ccccc1. The van der Waals surface area contributed by atoms with Crippen LogP contribution in [-0.4, -0.2) is 33.5 Å². The number of aromatic nitrogens is 2. The van der Waals surface area contributed by atoms with E-state index in [4.69, 9.17) is 0 Å². The molecule has 0 unspecified atom stereocenters. The molecule has 6 nitrogen and oxygen atoms in total. The lowest BCUT2D eigenvalue weighted by Gasteiger charge is -2.13. The highest BCUT2D eigenvalue weighted by molar-refractivity contribution is 7.99. The average Bonchev–Trinajstić information content (AvgIpc) is 2.90. The van der Waals surface area contributed by atoms with Gasteiger partial charge >= 0.3 is 0 Å². The molecule has 0 aliphatic carbocycles. The fraction of sp³-hybridized carbons (Fsp3) is 0.214. The van der Waals surface area contributed by atoms with Gasteiger partial charge < -0.3 is 5.32 Å². The maximum Gasteiger partial charge on any atom is 0.262 e. The summed E-state index contributed by atoms with van der Waals surface area (Å²) in [6, 6.07) is 22.4. The summed E-state index contributed by atoms with van der Waals surface area (Å²) < 4.78 is 14.7. The summed E-state index contributed by atoms with van der Waals surface area (Å²) in [6.07, 6.45) is 1.48. The van der Waals surface area contributed by atoms with E-state index in [1.54, 1.807) is 24.3 Å². The Balaban J connectivity index is 1.40. The summed E-state index contributed by atoms with van der Waals surface area (Å²) in [4.78, 5) is 42.7. The second kappa shape index (κ2) is 12.3. The molecule has 0 bridgehead atoms. The van der Waals surface area contributed by atoms with Crippen molar-refractivity contribution in [3.63, 3.8) is 0 Å². The highest BCUT2D eigenvalue weighted by atomic mass is 32.2. The van der Waals surface area contributed by atoms with E-state index in [0.29, 0.717) is 41.1 Å². The summed E-state index contributed by atoms with van der Waals surface area (Å²) in [6.45, 7) is 0.850. The Morgan fingerprint density at radius 3 is 2.44 bits per heavy atom. The predicted molar refractivity (Wildman–Crippen MR) is 140 cm³/mol. The summed E-state index contributed by atoms with van der Waals surface area (Å²) >= 11 is 1.16. The van der Waals surface area contributed by atoms with Crippen LogP contribution < -0.4 is 10.9 Å². The fourth-order valence-electron chi connectivity index (χ4n) is 3.78. The van der Waals surface area contributed by atoms with E-state index >= 15 is 0 Å². The number of ketones is 1. The van der Waals surface area contributed by atoms with Gasteiger partial charge in [0.05, 0.1) is 16.7 Å². The number of carbonyl (C=O) groups is 2. The van der Waals surface area contributed by atoms with Crippen LogP contribution in [0.3, 0.4) is 0 Å². The van der Waals surface area contributed by atoms with Crippen LogP contribution in [0.2, 0.25) is 0 Å². The largest absolute Gasteiger partial charge is 0.356 e. The molecule has 1 amide bonds. The molecule has 0 spiro atoms. The minimum atomic E-state index is -0.409. The lowest BCUT2D eigenvalue weighted by atomic mass is 10.1. The van der Waals surface area contributed by atoms with Crippen LogP contribution >= 0.6 is 11.8 Å². The minimum Gasteiger partial charge on any atom is -0.356 e. The first-order valence-electron chi connectivity index (χ1n) is 11.7. The lowest BCUT2D eigenvalue weighted by molar-refractivity contribution is -0.121. The Labute approximate surface area is 212 Å². The number of halogens is 1. The molecular formula is C28H26FN3O3S. The first-order valence-corrected chi connectivity index (χ1v) is 12.7. The molecule has 4 aromatic rings. The van der Waals surface area contributed by atoms with Crippen LogP contribution in [0.4, 0.5) is 4.39 Å². The number of fused-ring (bicyclic) bond motifs is 1. The molecule has 0 atom stereocenters. The van der Waals surface area contributed by atoms with Gasteiger partial charge in [-0.3, -0.25) is 19.0 Å². The van der Waals surface area contributed by atoms with E-state index in [9.17, 15) is 18.8 Å². The zero-order valence-electron chi connectivity index (χ0n) is 19.7. The van der Waals surface area contributed by atoms with Crippen LogP contribution in [0.1, 0.15) is 28.8 Å². The van der Waals surface area contributed by atoms with Gasteiger partial charge in [0.15, 0.2) is 10.9 Å². The Morgan fingerprint density at radius 1 is 0.944 bits per heavy atom. The van der Waals surface area contributed by atoms with Crippen molar-refractivity contribution < 1.29 is 14.0 Å². The first-order chi connectivity index (χ1) is 17.5. The molecule has 0 saturated heterocycles. The smallest absolute Gasteiger partial charge is 0.262 e. The van der Waals surface area contributed by atoms with Crippen LogP contribution in [0, 0.1) is 5.82 Å². The predicted octanol–water partition coefficient (Wildman–Crippen LogP) is 4.65. The van der Waals surface area contributed by atoms with Gasteiger partial charge in [-0.1, -0.05) is 54.2 Å². The van der Waals surface area contributed by atoms with Crippen molar-refractivity contribution >= 4 is 34.4 Å². The molecule has 184 valence electrons. The number of nitrogens with one attached hydrogen (secondary N) is 1. The summed E-state index contributed by atoms with van der Waals surface area (Å²) in [5.74, 6) is -0.621. The molecule has 1 aromatic heterocycles. The maximum atomic E-state index is 13.2. The van der Waals surface area contributed by atoms with E-state index in [1.807, 2.05) is 30.3 Å². The molecule has 1 heterocycles. The van der Waals surface area contributed by atoms with Crippen molar-refractivity contribution in [2.45, 2.75) is 31.0 Å². The summed E-state index contributed by atoms with van der Waals surface area (Å²) in [7, 11) is 0. The number of thioether (sulfide) groups is 1. The van der Waals surface area contributed by atoms with Crippen LogP contribution in [0.25, 0.3) is 10.9 Å². The first kappa shape index (κ1) is 25.3. The fourth-order valence-corrected chi connectivity index (χ4v) is 4.70. The Hall–Kier alpha value is -3.78. The van der Waals surface area contributed by atoms with E-state index in [-0.39, 0.29) is 29.4 Å². The van der Waals surface area contributed by atoms with Gasteiger partial charge in [-0.2, -0.15) is 0 Å². The normalized spacial score (nSPS) is 10.9.